The number of hydrogen-bond acceptors (Lipinski definition) is 4. The third kappa shape index (κ3) is 2.98. The topological polar surface area (TPSA) is 101 Å². The molecule has 0 amide bonds. The number of aromatic nitrogens is 2. The molecule has 0 radical (unpaired) electrons. The summed E-state index contributed by atoms with van der Waals surface area (Å²) in [7, 11) is -3.80. The molecule has 0 saturated carbocycles. The van der Waals surface area contributed by atoms with Gasteiger partial charge in [-0.05, 0) is 41.1 Å². The van der Waals surface area contributed by atoms with Crippen molar-refractivity contribution >= 4 is 43.2 Å². The lowest BCUT2D eigenvalue weighted by Gasteiger charge is -2.08. The zero-order chi connectivity index (χ0) is 14.9. The van der Waals surface area contributed by atoms with E-state index in [9.17, 15) is 8.42 Å². The van der Waals surface area contributed by atoms with Crippen LogP contribution in [-0.2, 0) is 16.6 Å². The van der Waals surface area contributed by atoms with Gasteiger partial charge in [-0.3, -0.25) is 9.82 Å². The number of anilines is 1. The van der Waals surface area contributed by atoms with E-state index in [1.807, 2.05) is 0 Å². The summed E-state index contributed by atoms with van der Waals surface area (Å²) in [5.74, 6) is 0. The minimum Gasteiger partial charge on any atom is -0.326 e. The molecule has 2 aromatic rings. The highest BCUT2D eigenvalue weighted by Gasteiger charge is 2.23. The zero-order valence-corrected chi connectivity index (χ0v) is 13.6. The number of rotatable bonds is 4. The molecule has 0 bridgehead atoms. The van der Waals surface area contributed by atoms with Gasteiger partial charge in [-0.1, -0.05) is 11.6 Å². The molecule has 4 N–H and O–H groups in total. The highest BCUT2D eigenvalue weighted by molar-refractivity contribution is 9.10. The summed E-state index contributed by atoms with van der Waals surface area (Å²) in [6.07, 6.45) is 0. The van der Waals surface area contributed by atoms with Crippen molar-refractivity contribution in [2.24, 2.45) is 5.73 Å². The van der Waals surface area contributed by atoms with Gasteiger partial charge in [0.1, 0.15) is 0 Å². The summed E-state index contributed by atoms with van der Waals surface area (Å²) in [6, 6.07) is 4.72. The van der Waals surface area contributed by atoms with Gasteiger partial charge in [-0.25, -0.2) is 0 Å². The van der Waals surface area contributed by atoms with E-state index in [0.717, 1.165) is 0 Å². The fourth-order valence-corrected chi connectivity index (χ4v) is 3.41. The lowest BCUT2D eigenvalue weighted by Crippen LogP contribution is -2.16. The Balaban J connectivity index is 2.38. The smallest absolute Gasteiger partial charge is 0.281 e. The predicted octanol–water partition coefficient (Wildman–Crippen LogP) is 2.39. The van der Waals surface area contributed by atoms with Gasteiger partial charge in [-0.2, -0.15) is 13.5 Å². The highest BCUT2D eigenvalue weighted by atomic mass is 79.9. The summed E-state index contributed by atoms with van der Waals surface area (Å²) in [5.41, 5.74) is 7.03. The number of halogens is 2. The first-order chi connectivity index (χ1) is 9.35. The molecule has 9 heteroatoms. The maximum absolute atomic E-state index is 12.3. The van der Waals surface area contributed by atoms with Crippen LogP contribution in [0.4, 0.5) is 5.69 Å². The van der Waals surface area contributed by atoms with Crippen LogP contribution in [0.25, 0.3) is 0 Å². The molecule has 0 spiro atoms. The van der Waals surface area contributed by atoms with Gasteiger partial charge in [0.2, 0.25) is 5.03 Å². The number of hydrogen-bond donors (Lipinski definition) is 3. The summed E-state index contributed by atoms with van der Waals surface area (Å²) >= 11 is 9.10. The van der Waals surface area contributed by atoms with Gasteiger partial charge in [0.15, 0.2) is 0 Å². The Hall–Kier alpha value is -1.09. The molecule has 0 aliphatic heterocycles. The molecule has 6 nitrogen and oxygen atoms in total. The highest BCUT2D eigenvalue weighted by Crippen LogP contribution is 2.27. The lowest BCUT2D eigenvalue weighted by atomic mass is 10.3. The molecular formula is C11H12BrClN4O2S. The number of nitrogens with one attached hydrogen (secondary N) is 2. The second kappa shape index (κ2) is 5.72. The van der Waals surface area contributed by atoms with E-state index in [1.165, 1.54) is 0 Å². The quantitative estimate of drug-likeness (QED) is 0.759. The first-order valence-corrected chi connectivity index (χ1v) is 8.22. The second-order valence-electron chi connectivity index (χ2n) is 4.07. The molecule has 0 aliphatic rings. The van der Waals surface area contributed by atoms with Gasteiger partial charge >= 0.3 is 0 Å². The van der Waals surface area contributed by atoms with Crippen LogP contribution in [0.3, 0.4) is 0 Å². The molecule has 1 aromatic carbocycles. The fourth-order valence-electron chi connectivity index (χ4n) is 1.66. The van der Waals surface area contributed by atoms with Gasteiger partial charge in [0, 0.05) is 22.3 Å². The molecule has 0 fully saturated rings. The average molecular weight is 380 g/mol. The molecule has 0 atom stereocenters. The van der Waals surface area contributed by atoms with Gasteiger partial charge in [0.25, 0.3) is 10.0 Å². The van der Waals surface area contributed by atoms with Crippen LogP contribution in [0.2, 0.25) is 5.02 Å². The van der Waals surface area contributed by atoms with Crippen LogP contribution in [0.1, 0.15) is 11.3 Å². The van der Waals surface area contributed by atoms with Crippen LogP contribution in [0, 0.1) is 6.92 Å². The molecule has 2 rings (SSSR count). The maximum Gasteiger partial charge on any atom is 0.281 e. The van der Waals surface area contributed by atoms with Gasteiger partial charge in [0.05, 0.1) is 10.7 Å². The van der Waals surface area contributed by atoms with E-state index in [-0.39, 0.29) is 11.6 Å². The van der Waals surface area contributed by atoms with Crippen molar-refractivity contribution in [2.75, 3.05) is 4.72 Å². The van der Waals surface area contributed by atoms with Crippen molar-refractivity contribution in [3.05, 3.63) is 39.0 Å². The fraction of sp³-hybridized carbons (Fsp3) is 0.182. The van der Waals surface area contributed by atoms with Crippen molar-refractivity contribution in [3.8, 4) is 0 Å². The van der Waals surface area contributed by atoms with Crippen LogP contribution in [-0.4, -0.2) is 18.6 Å². The molecule has 108 valence electrons. The van der Waals surface area contributed by atoms with E-state index in [1.54, 1.807) is 25.1 Å². The van der Waals surface area contributed by atoms with Gasteiger partial charge < -0.3 is 5.73 Å². The molecule has 1 aromatic heterocycles. The average Bonchev–Trinajstić information content (AvgIpc) is 2.75. The van der Waals surface area contributed by atoms with Crippen molar-refractivity contribution in [1.82, 2.24) is 10.2 Å². The van der Waals surface area contributed by atoms with Crippen LogP contribution < -0.4 is 10.5 Å². The SMILES string of the molecule is Cc1[nH]nc(S(=O)(=O)Nc2ccc(Cl)c(Br)c2)c1CN. The summed E-state index contributed by atoms with van der Waals surface area (Å²) < 4.78 is 27.6. The lowest BCUT2D eigenvalue weighted by molar-refractivity contribution is 0.596. The number of nitrogens with two attached hydrogens (primary N) is 1. The summed E-state index contributed by atoms with van der Waals surface area (Å²) in [4.78, 5) is 0. The van der Waals surface area contributed by atoms with Crippen molar-refractivity contribution in [2.45, 2.75) is 18.5 Å². The minimum absolute atomic E-state index is 0.0862. The zero-order valence-electron chi connectivity index (χ0n) is 10.4. The van der Waals surface area contributed by atoms with Crippen molar-refractivity contribution < 1.29 is 8.42 Å². The van der Waals surface area contributed by atoms with Crippen LogP contribution in [0.5, 0.6) is 0 Å². The molecule has 20 heavy (non-hydrogen) atoms. The number of sulfonamides is 1. The Morgan fingerprint density at radius 1 is 1.50 bits per heavy atom. The van der Waals surface area contributed by atoms with Crippen molar-refractivity contribution in [1.29, 1.82) is 0 Å². The number of nitrogens with zero attached hydrogens (tertiary/aromatic N) is 1. The third-order valence-corrected chi connectivity index (χ3v) is 5.23. The van der Waals surface area contributed by atoms with Crippen LogP contribution in [0.15, 0.2) is 27.7 Å². The van der Waals surface area contributed by atoms with E-state index in [2.05, 4.69) is 30.8 Å². The Labute approximate surface area is 129 Å². The standard InChI is InChI=1S/C11H12BrClN4O2S/c1-6-8(5-14)11(16-15-6)20(18,19)17-7-2-3-10(13)9(12)4-7/h2-4,17H,5,14H2,1H3,(H,15,16). The Morgan fingerprint density at radius 2 is 2.20 bits per heavy atom. The first-order valence-electron chi connectivity index (χ1n) is 5.57. The maximum atomic E-state index is 12.3. The van der Waals surface area contributed by atoms with Gasteiger partial charge in [-0.15, -0.1) is 0 Å². The predicted molar refractivity (Wildman–Crippen MR) is 81.2 cm³/mol. The largest absolute Gasteiger partial charge is 0.326 e. The van der Waals surface area contributed by atoms with E-state index in [0.29, 0.717) is 26.4 Å². The Kier molecular flexibility index (Phi) is 4.38. The monoisotopic (exact) mass is 378 g/mol. The van der Waals surface area contributed by atoms with Crippen LogP contribution >= 0.6 is 27.5 Å². The normalized spacial score (nSPS) is 11.6. The Morgan fingerprint density at radius 3 is 2.80 bits per heavy atom. The van der Waals surface area contributed by atoms with E-state index in [4.69, 9.17) is 17.3 Å². The molecule has 0 unspecified atom stereocenters. The number of benzene rings is 1. The van der Waals surface area contributed by atoms with E-state index >= 15 is 0 Å². The molecule has 1 heterocycles. The van der Waals surface area contributed by atoms with Crippen molar-refractivity contribution in [3.63, 3.8) is 0 Å². The van der Waals surface area contributed by atoms with E-state index < -0.39 is 10.0 Å². The minimum atomic E-state index is -3.80. The number of aryl methyl sites for hydroxylation is 1. The first kappa shape index (κ1) is 15.3. The molecule has 0 aliphatic carbocycles. The second-order valence-corrected chi connectivity index (χ2v) is 6.93. The number of H-pyrrole nitrogens is 1. The third-order valence-electron chi connectivity index (χ3n) is 2.67. The number of aromatic amines is 1. The molecule has 0 saturated heterocycles. The summed E-state index contributed by atoms with van der Waals surface area (Å²) in [6.45, 7) is 1.80. The molecular weight excluding hydrogens is 368 g/mol. The summed E-state index contributed by atoms with van der Waals surface area (Å²) in [5, 5.41) is 6.82. The Bertz CT molecular complexity index is 745.